The van der Waals surface area contributed by atoms with Gasteiger partial charge in [-0.3, -0.25) is 4.79 Å². The third-order valence-corrected chi connectivity index (χ3v) is 4.32. The van der Waals surface area contributed by atoms with Gasteiger partial charge in [-0.15, -0.1) is 0 Å². The Hall–Kier alpha value is -2.04. The topological polar surface area (TPSA) is 60.9 Å². The first-order valence-corrected chi connectivity index (χ1v) is 6.95. The fourth-order valence-electron chi connectivity index (χ4n) is 3.06. The molecule has 2 amide bonds. The zero-order valence-electron chi connectivity index (χ0n) is 11.6. The minimum atomic E-state index is -0.852. The molecule has 5 heteroatoms. The molecule has 0 radical (unpaired) electrons. The second kappa shape index (κ2) is 4.81. The molecule has 3 rings (SSSR count). The monoisotopic (exact) mass is 274 g/mol. The molecule has 0 atom stereocenters. The van der Waals surface area contributed by atoms with Gasteiger partial charge >= 0.3 is 6.09 Å². The smallest absolute Gasteiger partial charge is 0.407 e. The maximum absolute atomic E-state index is 11.8. The molecule has 1 N–H and O–H groups in total. The van der Waals surface area contributed by atoms with Crippen molar-refractivity contribution in [3.8, 4) is 0 Å². The first kappa shape index (κ1) is 13.0. The molecule has 0 aliphatic carbocycles. The molecule has 0 bridgehead atoms. The summed E-state index contributed by atoms with van der Waals surface area (Å²) in [6, 6.07) is 4.24. The van der Waals surface area contributed by atoms with Gasteiger partial charge in [0, 0.05) is 32.2 Å². The number of benzene rings is 1. The van der Waals surface area contributed by atoms with Gasteiger partial charge in [0.15, 0.2) is 0 Å². The van der Waals surface area contributed by atoms with Crippen molar-refractivity contribution in [2.24, 2.45) is 0 Å². The van der Waals surface area contributed by atoms with E-state index in [1.165, 1.54) is 21.6 Å². The molecule has 2 aliphatic rings. The van der Waals surface area contributed by atoms with Crippen LogP contribution in [-0.2, 0) is 24.1 Å². The van der Waals surface area contributed by atoms with Crippen molar-refractivity contribution < 1.29 is 14.7 Å². The minimum Gasteiger partial charge on any atom is -0.465 e. The lowest BCUT2D eigenvalue weighted by molar-refractivity contribution is -0.118. The number of hydrogen-bond acceptors (Lipinski definition) is 2. The summed E-state index contributed by atoms with van der Waals surface area (Å²) in [6.45, 7) is 1.08. The Morgan fingerprint density at radius 1 is 1.05 bits per heavy atom. The Morgan fingerprint density at radius 2 is 1.70 bits per heavy atom. The number of carboxylic acid groups (broad SMARTS) is 1. The number of aryl methyl sites for hydroxylation is 1. The van der Waals surface area contributed by atoms with Crippen LogP contribution in [0.5, 0.6) is 0 Å². The number of carbonyl (C=O) groups excluding carboxylic acids is 1. The van der Waals surface area contributed by atoms with Crippen LogP contribution in [0.2, 0.25) is 0 Å². The highest BCUT2D eigenvalue weighted by atomic mass is 16.4. The predicted molar refractivity (Wildman–Crippen MR) is 75.2 cm³/mol. The van der Waals surface area contributed by atoms with Gasteiger partial charge in [-0.1, -0.05) is 6.07 Å². The number of hydrogen-bond donors (Lipinski definition) is 1. The van der Waals surface area contributed by atoms with Crippen molar-refractivity contribution in [2.75, 3.05) is 25.0 Å². The van der Waals surface area contributed by atoms with E-state index in [4.69, 9.17) is 5.11 Å². The number of nitrogens with zero attached hydrogens (tertiary/aromatic N) is 2. The number of fused-ring (bicyclic) bond motifs is 2. The molecule has 0 spiro atoms. The molecule has 0 aromatic heterocycles. The summed E-state index contributed by atoms with van der Waals surface area (Å²) >= 11 is 0. The van der Waals surface area contributed by atoms with Crippen molar-refractivity contribution in [3.63, 3.8) is 0 Å². The summed E-state index contributed by atoms with van der Waals surface area (Å²) in [4.78, 5) is 26.0. The molecular weight excluding hydrogens is 256 g/mol. The summed E-state index contributed by atoms with van der Waals surface area (Å²) in [5, 5.41) is 9.10. The lowest BCUT2D eigenvalue weighted by Gasteiger charge is -2.27. The SMILES string of the molecule is CN1C(=O)CCc2cc3c(cc21)CCN(C(=O)O)CC3. The lowest BCUT2D eigenvalue weighted by atomic mass is 9.93. The molecule has 1 aromatic carbocycles. The standard InChI is InChI=1S/C15H18N2O3/c1-16-13-9-11-5-7-17(15(19)20)6-4-10(11)8-12(13)2-3-14(16)18/h8-9H,2-7H2,1H3,(H,19,20). The highest BCUT2D eigenvalue weighted by Gasteiger charge is 2.24. The average molecular weight is 274 g/mol. The maximum atomic E-state index is 11.8. The quantitative estimate of drug-likeness (QED) is 0.783. The van der Waals surface area contributed by atoms with Crippen molar-refractivity contribution >= 4 is 17.7 Å². The predicted octanol–water partition coefficient (Wildman–Crippen LogP) is 1.67. The van der Waals surface area contributed by atoms with Crippen LogP contribution < -0.4 is 4.90 Å². The normalized spacial score (nSPS) is 18.4. The van der Waals surface area contributed by atoms with Gasteiger partial charge in [0.05, 0.1) is 0 Å². The molecule has 106 valence electrons. The van der Waals surface area contributed by atoms with Crippen LogP contribution in [0.25, 0.3) is 0 Å². The second-order valence-electron chi connectivity index (χ2n) is 5.47. The third-order valence-electron chi connectivity index (χ3n) is 4.32. The largest absolute Gasteiger partial charge is 0.465 e. The molecule has 20 heavy (non-hydrogen) atoms. The van der Waals surface area contributed by atoms with Gasteiger partial charge in [-0.25, -0.2) is 4.79 Å². The molecule has 2 heterocycles. The molecule has 5 nitrogen and oxygen atoms in total. The Bertz CT molecular complexity index is 583. The number of carbonyl (C=O) groups is 2. The van der Waals surface area contributed by atoms with Gasteiger partial charge in [-0.05, 0) is 42.0 Å². The van der Waals surface area contributed by atoms with Gasteiger partial charge in [0.2, 0.25) is 5.91 Å². The van der Waals surface area contributed by atoms with Gasteiger partial charge in [0.1, 0.15) is 0 Å². The van der Waals surface area contributed by atoms with Crippen molar-refractivity contribution in [1.29, 1.82) is 0 Å². The maximum Gasteiger partial charge on any atom is 0.407 e. The van der Waals surface area contributed by atoms with Crippen LogP contribution in [0.1, 0.15) is 23.1 Å². The Morgan fingerprint density at radius 3 is 2.35 bits per heavy atom. The van der Waals surface area contributed by atoms with Gasteiger partial charge in [0.25, 0.3) is 0 Å². The summed E-state index contributed by atoms with van der Waals surface area (Å²) in [5.74, 6) is 0.151. The molecule has 0 saturated heterocycles. The van der Waals surface area contributed by atoms with Crippen molar-refractivity contribution in [3.05, 3.63) is 28.8 Å². The Kier molecular flexibility index (Phi) is 3.12. The van der Waals surface area contributed by atoms with Crippen LogP contribution in [0.15, 0.2) is 12.1 Å². The summed E-state index contributed by atoms with van der Waals surface area (Å²) in [5.41, 5.74) is 4.60. The van der Waals surface area contributed by atoms with E-state index in [-0.39, 0.29) is 5.91 Å². The van der Waals surface area contributed by atoms with E-state index >= 15 is 0 Å². The van der Waals surface area contributed by atoms with E-state index in [1.807, 2.05) is 7.05 Å². The van der Waals surface area contributed by atoms with Gasteiger partial charge in [-0.2, -0.15) is 0 Å². The molecule has 0 unspecified atom stereocenters. The van der Waals surface area contributed by atoms with E-state index in [0.717, 1.165) is 24.9 Å². The lowest BCUT2D eigenvalue weighted by Crippen LogP contribution is -2.31. The Balaban J connectivity index is 1.95. The molecule has 1 aromatic rings. The average Bonchev–Trinajstić information content (AvgIpc) is 2.63. The van der Waals surface area contributed by atoms with Crippen molar-refractivity contribution in [1.82, 2.24) is 4.90 Å². The highest BCUT2D eigenvalue weighted by molar-refractivity contribution is 5.96. The van der Waals surface area contributed by atoms with E-state index < -0.39 is 6.09 Å². The molecule has 2 aliphatic heterocycles. The minimum absolute atomic E-state index is 0.151. The zero-order chi connectivity index (χ0) is 14.3. The van der Waals surface area contributed by atoms with E-state index in [9.17, 15) is 9.59 Å². The molecule has 0 fully saturated rings. The van der Waals surface area contributed by atoms with E-state index in [1.54, 1.807) is 4.90 Å². The first-order chi connectivity index (χ1) is 9.56. The van der Waals surface area contributed by atoms with E-state index in [2.05, 4.69) is 12.1 Å². The number of rotatable bonds is 0. The van der Waals surface area contributed by atoms with Crippen LogP contribution in [0, 0.1) is 0 Å². The van der Waals surface area contributed by atoms with E-state index in [0.29, 0.717) is 19.5 Å². The zero-order valence-corrected chi connectivity index (χ0v) is 11.6. The summed E-state index contributed by atoms with van der Waals surface area (Å²) in [6.07, 6.45) is 1.97. The highest BCUT2D eigenvalue weighted by Crippen LogP contribution is 2.31. The van der Waals surface area contributed by atoms with Crippen LogP contribution in [-0.4, -0.2) is 42.1 Å². The number of anilines is 1. The first-order valence-electron chi connectivity index (χ1n) is 6.95. The Labute approximate surface area is 117 Å². The van der Waals surface area contributed by atoms with Crippen LogP contribution >= 0.6 is 0 Å². The molecular formula is C15H18N2O3. The fourth-order valence-corrected chi connectivity index (χ4v) is 3.06. The second-order valence-corrected chi connectivity index (χ2v) is 5.47. The summed E-state index contributed by atoms with van der Waals surface area (Å²) < 4.78 is 0. The van der Waals surface area contributed by atoms with Gasteiger partial charge < -0.3 is 14.9 Å². The third kappa shape index (κ3) is 2.13. The number of amides is 2. The fraction of sp³-hybridized carbons (Fsp3) is 0.467. The van der Waals surface area contributed by atoms with Crippen molar-refractivity contribution in [2.45, 2.75) is 25.7 Å². The summed E-state index contributed by atoms with van der Waals surface area (Å²) in [7, 11) is 1.81. The molecule has 0 saturated carbocycles. The van der Waals surface area contributed by atoms with Crippen LogP contribution in [0.3, 0.4) is 0 Å². The van der Waals surface area contributed by atoms with Crippen LogP contribution in [0.4, 0.5) is 10.5 Å².